The van der Waals surface area contributed by atoms with Crippen LogP contribution >= 0.6 is 11.6 Å². The summed E-state index contributed by atoms with van der Waals surface area (Å²) in [6, 6.07) is 7.39. The van der Waals surface area contributed by atoms with E-state index in [0.29, 0.717) is 23.3 Å². The summed E-state index contributed by atoms with van der Waals surface area (Å²) in [7, 11) is 0. The van der Waals surface area contributed by atoms with Crippen molar-refractivity contribution in [3.63, 3.8) is 0 Å². The maximum atomic E-state index is 14.4. The molecule has 1 amide bonds. The van der Waals surface area contributed by atoms with Gasteiger partial charge in [-0.1, -0.05) is 77.8 Å². The number of hydrogen-bond acceptors (Lipinski definition) is 8. The quantitative estimate of drug-likeness (QED) is 0.182. The predicted molar refractivity (Wildman–Crippen MR) is 248 cm³/mol. The Kier molecular flexibility index (Phi) is 13.2. The number of ether oxygens (including phenoxy) is 3. The Balaban J connectivity index is 1.27. The lowest BCUT2D eigenvalue weighted by atomic mass is 9.33. The number of fused-ring (bicyclic) bond motifs is 7. The van der Waals surface area contributed by atoms with E-state index in [1.165, 1.54) is 0 Å². The van der Waals surface area contributed by atoms with Crippen molar-refractivity contribution in [2.45, 2.75) is 198 Å². The minimum atomic E-state index is -1.00. The number of ketones is 1. The van der Waals surface area contributed by atoms with E-state index >= 15 is 0 Å². The van der Waals surface area contributed by atoms with Gasteiger partial charge in [-0.25, -0.2) is 4.79 Å². The van der Waals surface area contributed by atoms with E-state index in [-0.39, 0.29) is 77.3 Å². The topological polar surface area (TPSA) is 119 Å². The normalized spacial score (nSPS) is 33.4. The molecule has 0 bridgehead atoms. The van der Waals surface area contributed by atoms with Gasteiger partial charge in [0.15, 0.2) is 5.78 Å². The van der Waals surface area contributed by atoms with Crippen LogP contribution in [0.5, 0.6) is 0 Å². The molecular formula is C53H80ClNO8. The van der Waals surface area contributed by atoms with Crippen molar-refractivity contribution in [1.82, 2.24) is 4.90 Å². The number of rotatable bonds is 10. The molecule has 10 heteroatoms. The van der Waals surface area contributed by atoms with Crippen LogP contribution in [-0.4, -0.2) is 63.8 Å². The molecule has 352 valence electrons. The summed E-state index contributed by atoms with van der Waals surface area (Å²) in [6.45, 7) is 31.2. The number of allylic oxidation sites excluding steroid dienone is 1. The van der Waals surface area contributed by atoms with Gasteiger partial charge in [0.05, 0.1) is 24.5 Å². The predicted octanol–water partition coefficient (Wildman–Crippen LogP) is 12.1. The van der Waals surface area contributed by atoms with Gasteiger partial charge in [-0.3, -0.25) is 14.4 Å². The average molecular weight is 895 g/mol. The molecule has 5 aliphatic carbocycles. The number of benzene rings is 1. The molecular weight excluding hydrogens is 814 g/mol. The highest BCUT2D eigenvalue weighted by Gasteiger charge is 2.71. The maximum Gasteiger partial charge on any atom is 0.410 e. The number of halogens is 1. The number of nitrogens with zero attached hydrogens (tertiary/aromatic N) is 1. The lowest BCUT2D eigenvalue weighted by molar-refractivity contribution is -0.235. The number of carbonyl (C=O) groups is 4. The number of hydrogen-bond donors (Lipinski definition) is 1. The van der Waals surface area contributed by atoms with Crippen LogP contribution < -0.4 is 0 Å². The molecule has 4 saturated carbocycles. The number of Topliss-reactive ketones (excluding diaryl/α,β-unsaturated/α-hetero) is 1. The van der Waals surface area contributed by atoms with Gasteiger partial charge < -0.3 is 24.2 Å². The first-order chi connectivity index (χ1) is 28.8. The van der Waals surface area contributed by atoms with Crippen molar-refractivity contribution in [2.75, 3.05) is 6.54 Å². The zero-order valence-electron chi connectivity index (χ0n) is 41.4. The molecule has 1 aromatic carbocycles. The largest absolute Gasteiger partial charge is 0.462 e. The summed E-state index contributed by atoms with van der Waals surface area (Å²) >= 11 is 6.22. The van der Waals surface area contributed by atoms with E-state index in [0.717, 1.165) is 61.7 Å². The smallest absolute Gasteiger partial charge is 0.410 e. The van der Waals surface area contributed by atoms with Gasteiger partial charge in [-0.2, -0.15) is 0 Å². The molecule has 1 N–H and O–H groups in total. The Morgan fingerprint density at radius 3 is 2.02 bits per heavy atom. The third-order valence-corrected chi connectivity index (χ3v) is 17.5. The van der Waals surface area contributed by atoms with Gasteiger partial charge in [0, 0.05) is 28.8 Å². The number of aliphatic hydroxyl groups excluding tert-OH is 1. The van der Waals surface area contributed by atoms with Crippen molar-refractivity contribution < 1.29 is 38.5 Å². The van der Waals surface area contributed by atoms with Crippen LogP contribution in [0.1, 0.15) is 174 Å². The van der Waals surface area contributed by atoms with Crippen LogP contribution in [0.15, 0.2) is 35.4 Å². The minimum Gasteiger partial charge on any atom is -0.462 e. The SMILES string of the molecule is CC(C)C1=C2[C@H]3CC[C@@H]4[C@@]5(C)CC[C@H](OC(=O)CC(C)(C)C(=O)OC(C)(C)C)C(C)(C)[C@@H]5CC[C@@]4(C)[C@]3(C)CC[C@@]2([C@@H](O)CN(Cc2ccc(Cl)cc2)C(=O)OC(C)(C)C)CC1=O. The first kappa shape index (κ1) is 49.5. The van der Waals surface area contributed by atoms with Crippen molar-refractivity contribution >= 4 is 35.4 Å². The Labute approximate surface area is 384 Å². The first-order valence-corrected chi connectivity index (χ1v) is 24.3. The molecule has 9 nitrogen and oxygen atoms in total. The second-order valence-electron chi connectivity index (χ2n) is 24.8. The zero-order valence-corrected chi connectivity index (χ0v) is 42.1. The fourth-order valence-electron chi connectivity index (χ4n) is 14.0. The Morgan fingerprint density at radius 1 is 0.810 bits per heavy atom. The van der Waals surface area contributed by atoms with Crippen molar-refractivity contribution in [2.24, 2.45) is 56.2 Å². The molecule has 0 unspecified atom stereocenters. The van der Waals surface area contributed by atoms with Gasteiger partial charge >= 0.3 is 18.0 Å². The van der Waals surface area contributed by atoms with E-state index in [1.54, 1.807) is 30.9 Å². The standard InChI is InChI=1S/C53H80ClNO8/c1-32(2)42-36(56)28-53(39(57)31-55(45(60)63-47(6,7)8)30-33-16-18-34(54)19-17-33)27-26-51(14)35(43(42)53)20-21-38-50(13)24-23-40(49(11,12)37(50)22-25-52(38,51)15)61-41(58)29-48(9,10)44(59)62-46(3,4)5/h16-19,32,35,37-40,57H,20-31H2,1-15H3/t35-,37+,38-,39+,40+,50+,51-,52-,53+/m1/s1. The van der Waals surface area contributed by atoms with Crippen LogP contribution in [-0.2, 0) is 35.1 Å². The number of esters is 2. The molecule has 6 rings (SSSR count). The van der Waals surface area contributed by atoms with Crippen LogP contribution in [0.3, 0.4) is 0 Å². The first-order valence-electron chi connectivity index (χ1n) is 23.9. The molecule has 63 heavy (non-hydrogen) atoms. The maximum absolute atomic E-state index is 14.4. The molecule has 0 saturated heterocycles. The highest BCUT2D eigenvalue weighted by atomic mass is 35.5. The van der Waals surface area contributed by atoms with Crippen LogP contribution in [0.2, 0.25) is 5.02 Å². The molecule has 0 spiro atoms. The van der Waals surface area contributed by atoms with E-state index in [9.17, 15) is 24.3 Å². The van der Waals surface area contributed by atoms with Gasteiger partial charge in [0.2, 0.25) is 0 Å². The Bertz CT molecular complexity index is 1970. The summed E-state index contributed by atoms with van der Waals surface area (Å²) in [6.07, 6.45) is 5.76. The monoisotopic (exact) mass is 894 g/mol. The fraction of sp³-hybridized carbons (Fsp3) is 0.774. The van der Waals surface area contributed by atoms with Gasteiger partial charge in [0.25, 0.3) is 0 Å². The molecule has 9 atom stereocenters. The van der Waals surface area contributed by atoms with Crippen LogP contribution in [0, 0.1) is 56.2 Å². The summed E-state index contributed by atoms with van der Waals surface area (Å²) in [5.74, 6) is 0.263. The number of carbonyl (C=O) groups excluding carboxylic acids is 4. The second kappa shape index (κ2) is 16.8. The number of aliphatic hydroxyl groups is 1. The summed E-state index contributed by atoms with van der Waals surface area (Å²) in [4.78, 5) is 56.5. The van der Waals surface area contributed by atoms with Crippen molar-refractivity contribution in [1.29, 1.82) is 0 Å². The van der Waals surface area contributed by atoms with E-state index < -0.39 is 40.2 Å². The second-order valence-corrected chi connectivity index (χ2v) is 25.2. The minimum absolute atomic E-state index is 0.00670. The molecule has 1 aromatic rings. The zero-order chi connectivity index (χ0) is 47.1. The Morgan fingerprint density at radius 2 is 1.43 bits per heavy atom. The summed E-state index contributed by atoms with van der Waals surface area (Å²) in [5.41, 5.74) is -0.641. The van der Waals surface area contributed by atoms with E-state index in [1.807, 2.05) is 53.7 Å². The average Bonchev–Trinajstić information content (AvgIpc) is 3.45. The van der Waals surface area contributed by atoms with Crippen LogP contribution in [0.4, 0.5) is 4.79 Å². The fourth-order valence-corrected chi connectivity index (χ4v) is 14.2. The molecule has 5 aliphatic rings. The molecule has 0 heterocycles. The molecule has 0 radical (unpaired) electrons. The van der Waals surface area contributed by atoms with Gasteiger partial charge in [0.1, 0.15) is 17.3 Å². The van der Waals surface area contributed by atoms with Crippen LogP contribution in [0.25, 0.3) is 0 Å². The van der Waals surface area contributed by atoms with E-state index in [4.69, 9.17) is 25.8 Å². The highest BCUT2D eigenvalue weighted by Crippen LogP contribution is 2.77. The summed E-state index contributed by atoms with van der Waals surface area (Å²) < 4.78 is 17.9. The highest BCUT2D eigenvalue weighted by molar-refractivity contribution is 6.30. The van der Waals surface area contributed by atoms with Crippen molar-refractivity contribution in [3.8, 4) is 0 Å². The van der Waals surface area contributed by atoms with Gasteiger partial charge in [-0.05, 0) is 170 Å². The summed E-state index contributed by atoms with van der Waals surface area (Å²) in [5, 5.41) is 13.3. The molecule has 0 aromatic heterocycles. The molecule has 4 fully saturated rings. The Hall–Kier alpha value is -2.91. The van der Waals surface area contributed by atoms with Crippen molar-refractivity contribution in [3.05, 3.63) is 46.0 Å². The lowest BCUT2D eigenvalue weighted by Crippen LogP contribution is -2.66. The number of amides is 1. The van der Waals surface area contributed by atoms with Gasteiger partial charge in [-0.15, -0.1) is 0 Å². The third-order valence-electron chi connectivity index (χ3n) is 17.2. The lowest BCUT2D eigenvalue weighted by Gasteiger charge is -2.72. The molecule has 0 aliphatic heterocycles. The van der Waals surface area contributed by atoms with E-state index in [2.05, 4.69) is 48.5 Å². The third kappa shape index (κ3) is 9.02.